The SMILES string of the molecule is Cl.NCCCC[C@H](N)C(=O)OC(O)[C@@H](O)[C@@H](O)[C@H](O)[C@H](O)CO. The van der Waals surface area contributed by atoms with Gasteiger partial charge in [-0.05, 0) is 19.4 Å². The van der Waals surface area contributed by atoms with Crippen LogP contribution in [0.1, 0.15) is 19.3 Å². The van der Waals surface area contributed by atoms with E-state index in [0.717, 1.165) is 0 Å². The number of unbranched alkanes of at least 4 members (excludes halogenated alkanes) is 1. The van der Waals surface area contributed by atoms with E-state index in [1.807, 2.05) is 0 Å². The average molecular weight is 363 g/mol. The van der Waals surface area contributed by atoms with Crippen molar-refractivity contribution in [2.45, 2.75) is 56.0 Å². The fourth-order valence-corrected chi connectivity index (χ4v) is 1.61. The molecule has 1 unspecified atom stereocenters. The van der Waals surface area contributed by atoms with Gasteiger partial charge in [-0.2, -0.15) is 0 Å². The lowest BCUT2D eigenvalue weighted by molar-refractivity contribution is -0.214. The molecule has 0 aliphatic heterocycles. The molecule has 0 aromatic rings. The van der Waals surface area contributed by atoms with E-state index < -0.39 is 49.3 Å². The Morgan fingerprint density at radius 2 is 1.57 bits per heavy atom. The van der Waals surface area contributed by atoms with Gasteiger partial charge in [-0.25, -0.2) is 0 Å². The van der Waals surface area contributed by atoms with Crippen LogP contribution < -0.4 is 11.5 Å². The molecule has 0 saturated heterocycles. The number of hydrogen-bond donors (Lipinski definition) is 8. The molecule has 0 fully saturated rings. The molecule has 10 nitrogen and oxygen atoms in total. The number of carbonyl (C=O) groups excluding carboxylic acids is 1. The molecule has 140 valence electrons. The van der Waals surface area contributed by atoms with Crippen LogP contribution in [0.5, 0.6) is 0 Å². The average Bonchev–Trinajstić information content (AvgIpc) is 2.51. The van der Waals surface area contributed by atoms with Gasteiger partial charge in [-0.1, -0.05) is 6.42 Å². The summed E-state index contributed by atoms with van der Waals surface area (Å²) in [6.45, 7) is -0.423. The first-order valence-electron chi connectivity index (χ1n) is 6.93. The quantitative estimate of drug-likeness (QED) is 0.102. The van der Waals surface area contributed by atoms with Crippen LogP contribution in [0.3, 0.4) is 0 Å². The third-order valence-electron chi connectivity index (χ3n) is 3.08. The van der Waals surface area contributed by atoms with Gasteiger partial charge in [0.25, 0.3) is 0 Å². The van der Waals surface area contributed by atoms with Crippen molar-refractivity contribution in [3.63, 3.8) is 0 Å². The summed E-state index contributed by atoms with van der Waals surface area (Å²) in [6.07, 6.45) is -8.44. The third kappa shape index (κ3) is 8.74. The minimum absolute atomic E-state index is 0. The number of ether oxygens (including phenoxy) is 1. The molecular formula is C12H27ClN2O8. The number of hydrogen-bond acceptors (Lipinski definition) is 10. The number of halogens is 1. The molecule has 10 N–H and O–H groups in total. The molecule has 0 amide bonds. The van der Waals surface area contributed by atoms with Gasteiger partial charge in [-0.15, -0.1) is 12.4 Å². The Balaban J connectivity index is 0. The molecule has 0 heterocycles. The topological polar surface area (TPSA) is 200 Å². The predicted molar refractivity (Wildman–Crippen MR) is 81.3 cm³/mol. The molecule has 0 radical (unpaired) electrons. The Morgan fingerprint density at radius 3 is 2.04 bits per heavy atom. The molecule has 0 aliphatic rings. The predicted octanol–water partition coefficient (Wildman–Crippen LogP) is -3.84. The van der Waals surface area contributed by atoms with Crippen LogP contribution in [0.15, 0.2) is 0 Å². The van der Waals surface area contributed by atoms with Crippen LogP contribution in [0.2, 0.25) is 0 Å². The first-order valence-corrected chi connectivity index (χ1v) is 6.93. The minimum atomic E-state index is -2.15. The molecule has 23 heavy (non-hydrogen) atoms. The molecule has 0 aromatic heterocycles. The number of aliphatic hydroxyl groups is 6. The van der Waals surface area contributed by atoms with Crippen molar-refractivity contribution in [1.82, 2.24) is 0 Å². The van der Waals surface area contributed by atoms with Crippen molar-refractivity contribution in [2.24, 2.45) is 11.5 Å². The Kier molecular flexibility index (Phi) is 13.8. The highest BCUT2D eigenvalue weighted by Crippen LogP contribution is 2.11. The molecule has 0 bridgehead atoms. The second-order valence-corrected chi connectivity index (χ2v) is 4.94. The van der Waals surface area contributed by atoms with Gasteiger partial charge >= 0.3 is 5.97 Å². The molecule has 0 spiro atoms. The summed E-state index contributed by atoms with van der Waals surface area (Å²) in [7, 11) is 0. The van der Waals surface area contributed by atoms with Gasteiger partial charge in [0.05, 0.1) is 6.61 Å². The highest BCUT2D eigenvalue weighted by atomic mass is 35.5. The first kappa shape index (κ1) is 24.7. The molecule has 0 rings (SSSR count). The number of rotatable bonds is 11. The van der Waals surface area contributed by atoms with Crippen molar-refractivity contribution in [2.75, 3.05) is 13.2 Å². The van der Waals surface area contributed by atoms with Gasteiger partial charge in [0.15, 0.2) is 0 Å². The Hall–Kier alpha value is -0.560. The van der Waals surface area contributed by atoms with Gasteiger partial charge in [0.2, 0.25) is 6.29 Å². The van der Waals surface area contributed by atoms with Crippen LogP contribution in [0.4, 0.5) is 0 Å². The summed E-state index contributed by atoms with van der Waals surface area (Å²) in [5.41, 5.74) is 10.8. The summed E-state index contributed by atoms with van der Waals surface area (Å²) >= 11 is 0. The van der Waals surface area contributed by atoms with E-state index in [4.69, 9.17) is 21.7 Å². The van der Waals surface area contributed by atoms with Crippen LogP contribution in [0, 0.1) is 0 Å². The number of nitrogens with two attached hydrogens (primary N) is 2. The lowest BCUT2D eigenvalue weighted by Gasteiger charge is -2.28. The molecular weight excluding hydrogens is 336 g/mol. The fourth-order valence-electron chi connectivity index (χ4n) is 1.61. The smallest absolute Gasteiger partial charge is 0.325 e. The molecule has 11 heteroatoms. The summed E-state index contributed by atoms with van der Waals surface area (Å²) in [5, 5.41) is 55.7. The second-order valence-electron chi connectivity index (χ2n) is 4.94. The second kappa shape index (κ2) is 12.8. The normalized spacial score (nSPS) is 19.0. The van der Waals surface area contributed by atoms with Gasteiger partial charge < -0.3 is 46.8 Å². The largest absolute Gasteiger partial charge is 0.432 e. The summed E-state index contributed by atoms with van der Waals surface area (Å²) in [5.74, 6) is -0.993. The lowest BCUT2D eigenvalue weighted by atomic mass is 10.0. The zero-order chi connectivity index (χ0) is 17.3. The maximum Gasteiger partial charge on any atom is 0.325 e. The van der Waals surface area contributed by atoms with Crippen molar-refractivity contribution >= 4 is 18.4 Å². The minimum Gasteiger partial charge on any atom is -0.432 e. The summed E-state index contributed by atoms with van der Waals surface area (Å²) < 4.78 is 4.48. The number of carbonyl (C=O) groups is 1. The highest BCUT2D eigenvalue weighted by Gasteiger charge is 2.36. The van der Waals surface area contributed by atoms with Crippen LogP contribution in [-0.2, 0) is 9.53 Å². The molecule has 0 aliphatic carbocycles. The fraction of sp³-hybridized carbons (Fsp3) is 0.917. The van der Waals surface area contributed by atoms with Crippen molar-refractivity contribution in [3.05, 3.63) is 0 Å². The maximum absolute atomic E-state index is 11.6. The van der Waals surface area contributed by atoms with Gasteiger partial charge in [-0.3, -0.25) is 4.79 Å². The van der Waals surface area contributed by atoms with E-state index in [1.165, 1.54) is 0 Å². The number of esters is 1. The monoisotopic (exact) mass is 362 g/mol. The van der Waals surface area contributed by atoms with Crippen molar-refractivity contribution in [3.8, 4) is 0 Å². The van der Waals surface area contributed by atoms with E-state index in [2.05, 4.69) is 4.74 Å². The maximum atomic E-state index is 11.6. The Labute approximate surface area is 140 Å². The Bertz CT molecular complexity index is 325. The van der Waals surface area contributed by atoms with E-state index in [1.54, 1.807) is 0 Å². The zero-order valence-electron chi connectivity index (χ0n) is 12.6. The zero-order valence-corrected chi connectivity index (χ0v) is 13.4. The first-order chi connectivity index (χ1) is 10.3. The standard InChI is InChI=1S/C12H26N2O8.ClH/c13-4-2-1-3-6(14)11(20)22-12(21)10(19)9(18)8(17)7(16)5-15;/h6-10,12,15-19,21H,1-5,13-14H2;1H/t6-,7+,8+,9-,10-,12?;/m0./s1. The van der Waals surface area contributed by atoms with E-state index in [0.29, 0.717) is 19.4 Å². The van der Waals surface area contributed by atoms with E-state index in [-0.39, 0.29) is 18.8 Å². The number of aliphatic hydroxyl groups excluding tert-OH is 6. The third-order valence-corrected chi connectivity index (χ3v) is 3.08. The summed E-state index contributed by atoms with van der Waals surface area (Å²) in [6, 6.07) is -1.03. The molecule has 6 atom stereocenters. The molecule has 0 aromatic carbocycles. The van der Waals surface area contributed by atoms with Crippen LogP contribution in [0.25, 0.3) is 0 Å². The summed E-state index contributed by atoms with van der Waals surface area (Å²) in [4.78, 5) is 11.6. The van der Waals surface area contributed by atoms with Gasteiger partial charge in [0.1, 0.15) is 30.5 Å². The lowest BCUT2D eigenvalue weighted by Crippen LogP contribution is -2.51. The van der Waals surface area contributed by atoms with Crippen LogP contribution in [-0.4, -0.2) is 86.5 Å². The Morgan fingerprint density at radius 1 is 1.00 bits per heavy atom. The van der Waals surface area contributed by atoms with Crippen molar-refractivity contribution < 1.29 is 40.2 Å². The highest BCUT2D eigenvalue weighted by molar-refractivity contribution is 5.85. The van der Waals surface area contributed by atoms with E-state index in [9.17, 15) is 25.2 Å². The van der Waals surface area contributed by atoms with E-state index >= 15 is 0 Å². The molecule has 0 saturated carbocycles. The van der Waals surface area contributed by atoms with Crippen molar-refractivity contribution in [1.29, 1.82) is 0 Å². The van der Waals surface area contributed by atoms with Gasteiger partial charge in [0, 0.05) is 0 Å². The van der Waals surface area contributed by atoms with Crippen LogP contribution >= 0.6 is 12.4 Å².